The molecular weight excluding hydrogens is 881 g/mol. The van der Waals surface area contributed by atoms with Gasteiger partial charge in [0.25, 0.3) is 0 Å². The largest absolute Gasteiger partial charge is 0.455 e. The third-order valence-corrected chi connectivity index (χ3v) is 13.4. The molecular formula is C58H112N4O8+2. The summed E-state index contributed by atoms with van der Waals surface area (Å²) in [6.07, 6.45) is 37.3. The molecule has 0 saturated heterocycles. The molecule has 0 aliphatic rings. The van der Waals surface area contributed by atoms with Crippen molar-refractivity contribution in [3.05, 3.63) is 24.3 Å². The van der Waals surface area contributed by atoms with Crippen LogP contribution in [-0.4, -0.2) is 135 Å². The second-order valence-corrected chi connectivity index (χ2v) is 21.7. The van der Waals surface area contributed by atoms with Crippen LogP contribution in [0.4, 0.5) is 0 Å². The zero-order valence-electron chi connectivity index (χ0n) is 46.7. The number of hydrogen-bond donors (Lipinski definition) is 4. The van der Waals surface area contributed by atoms with Crippen molar-refractivity contribution in [3.63, 3.8) is 0 Å². The lowest BCUT2D eigenvalue weighted by atomic mass is 10.0. The number of rotatable bonds is 49. The molecule has 70 heavy (non-hydrogen) atoms. The van der Waals surface area contributed by atoms with E-state index in [-0.39, 0.29) is 75.6 Å². The molecule has 0 bridgehead atoms. The van der Waals surface area contributed by atoms with Crippen LogP contribution in [0.15, 0.2) is 24.3 Å². The monoisotopic (exact) mass is 993 g/mol. The van der Waals surface area contributed by atoms with Crippen LogP contribution in [-0.2, 0) is 28.7 Å². The van der Waals surface area contributed by atoms with E-state index in [1.807, 2.05) is 0 Å². The van der Waals surface area contributed by atoms with Gasteiger partial charge in [0.15, 0.2) is 13.1 Å². The number of carbonyl (C=O) groups is 4. The molecule has 12 nitrogen and oxygen atoms in total. The molecule has 0 aromatic heterocycles. The molecule has 0 radical (unpaired) electrons. The molecule has 410 valence electrons. The first-order valence-corrected chi connectivity index (χ1v) is 28.8. The molecule has 4 atom stereocenters. The summed E-state index contributed by atoms with van der Waals surface area (Å²) in [5, 5.41) is 27.7. The molecule has 0 saturated carbocycles. The number of nitrogens with one attached hydrogen (secondary N) is 2. The minimum Gasteiger partial charge on any atom is -0.455 e. The van der Waals surface area contributed by atoms with Crippen LogP contribution in [0.25, 0.3) is 0 Å². The topological polar surface area (TPSA) is 151 Å². The van der Waals surface area contributed by atoms with Gasteiger partial charge in [0.1, 0.15) is 12.2 Å². The smallest absolute Gasteiger partial charge is 0.362 e. The summed E-state index contributed by atoms with van der Waals surface area (Å²) in [6, 6.07) is 0. The first-order chi connectivity index (χ1) is 33.6. The van der Waals surface area contributed by atoms with E-state index in [1.54, 1.807) is 24.3 Å². The van der Waals surface area contributed by atoms with Crippen molar-refractivity contribution in [2.75, 3.05) is 67.5 Å². The van der Waals surface area contributed by atoms with Crippen LogP contribution in [0.5, 0.6) is 0 Å². The van der Waals surface area contributed by atoms with Crippen LogP contribution >= 0.6 is 0 Å². The van der Waals surface area contributed by atoms with Gasteiger partial charge in [0.05, 0.1) is 53.5 Å². The van der Waals surface area contributed by atoms with Crippen LogP contribution in [0.2, 0.25) is 0 Å². The Labute approximate surface area is 430 Å². The lowest BCUT2D eigenvalue weighted by molar-refractivity contribution is -0.883. The number of unbranched alkanes of at least 4 members (excludes halogenated alkanes) is 22. The maximum absolute atomic E-state index is 13.1. The molecule has 4 unspecified atom stereocenters. The van der Waals surface area contributed by atoms with Gasteiger partial charge in [0, 0.05) is 25.9 Å². The highest BCUT2D eigenvalue weighted by Gasteiger charge is 2.28. The molecule has 0 aromatic rings. The Morgan fingerprint density at radius 1 is 0.429 bits per heavy atom. The number of hydrogen-bond acceptors (Lipinski definition) is 8. The molecule has 4 N–H and O–H groups in total. The zero-order valence-corrected chi connectivity index (χ0v) is 46.7. The Morgan fingerprint density at radius 2 is 0.714 bits per heavy atom. The van der Waals surface area contributed by atoms with E-state index in [0.717, 1.165) is 64.5 Å². The van der Waals surface area contributed by atoms with Gasteiger partial charge in [-0.3, -0.25) is 9.59 Å². The third-order valence-electron chi connectivity index (χ3n) is 13.4. The van der Waals surface area contributed by atoms with Gasteiger partial charge in [-0.1, -0.05) is 180 Å². The Kier molecular flexibility index (Phi) is 43.1. The fourth-order valence-electron chi connectivity index (χ4n) is 8.88. The number of amides is 2. The Hall–Kier alpha value is -2.80. The number of quaternary nitrogens is 2. The van der Waals surface area contributed by atoms with E-state index in [9.17, 15) is 29.4 Å². The van der Waals surface area contributed by atoms with Gasteiger partial charge < -0.3 is 39.3 Å². The summed E-state index contributed by atoms with van der Waals surface area (Å²) in [5.41, 5.74) is 0. The Bertz CT molecular complexity index is 1250. The van der Waals surface area contributed by atoms with Crippen molar-refractivity contribution in [3.8, 4) is 0 Å². The van der Waals surface area contributed by atoms with Crippen molar-refractivity contribution in [2.24, 2.45) is 0 Å². The lowest BCUT2D eigenvalue weighted by Crippen LogP contribution is -2.46. The lowest BCUT2D eigenvalue weighted by Gasteiger charge is -2.30. The molecule has 0 aliphatic carbocycles. The second-order valence-electron chi connectivity index (χ2n) is 21.7. The Morgan fingerprint density at radius 3 is 1.03 bits per heavy atom. The fraction of sp³-hybridized carbons (Fsp3) is 0.862. The van der Waals surface area contributed by atoms with Crippen LogP contribution in [0, 0.1) is 0 Å². The maximum Gasteiger partial charge on any atom is 0.362 e. The van der Waals surface area contributed by atoms with Crippen molar-refractivity contribution >= 4 is 23.8 Å². The number of aliphatic hydroxyl groups is 2. The zero-order chi connectivity index (χ0) is 52.1. The highest BCUT2D eigenvalue weighted by atomic mass is 16.6. The summed E-state index contributed by atoms with van der Waals surface area (Å²) >= 11 is 0. The predicted molar refractivity (Wildman–Crippen MR) is 290 cm³/mol. The number of nitrogens with zero attached hydrogens (tertiary/aromatic N) is 2. The number of aliphatic hydroxyl groups excluding tert-OH is 2. The first kappa shape index (κ1) is 67.2. The van der Waals surface area contributed by atoms with Crippen LogP contribution in [0.1, 0.15) is 233 Å². The average Bonchev–Trinajstić information content (AvgIpc) is 3.30. The molecule has 0 aliphatic heterocycles. The third kappa shape index (κ3) is 41.8. The molecule has 0 fully saturated rings. The van der Waals surface area contributed by atoms with E-state index in [2.05, 4.69) is 66.5 Å². The summed E-state index contributed by atoms with van der Waals surface area (Å²) in [7, 11) is 8.28. The molecule has 0 heterocycles. The van der Waals surface area contributed by atoms with Gasteiger partial charge in [-0.25, -0.2) is 9.59 Å². The van der Waals surface area contributed by atoms with Crippen molar-refractivity contribution in [1.29, 1.82) is 0 Å². The van der Waals surface area contributed by atoms with Crippen LogP contribution < -0.4 is 10.6 Å². The molecule has 2 amide bonds. The van der Waals surface area contributed by atoms with E-state index < -0.39 is 24.4 Å². The van der Waals surface area contributed by atoms with Gasteiger partial charge in [-0.15, -0.1) is 0 Å². The van der Waals surface area contributed by atoms with E-state index in [1.165, 1.54) is 116 Å². The minimum atomic E-state index is -0.860. The Balaban J connectivity index is 4.62. The summed E-state index contributed by atoms with van der Waals surface area (Å²) in [6.45, 7) is 11.6. The van der Waals surface area contributed by atoms with Gasteiger partial charge >= 0.3 is 11.9 Å². The number of esters is 2. The number of ether oxygens (including phenoxy) is 2. The highest BCUT2D eigenvalue weighted by Crippen LogP contribution is 2.19. The summed E-state index contributed by atoms with van der Waals surface area (Å²) < 4.78 is 12.9. The SMILES string of the molecule is CCCCCCCCCCCC[N+](C)(C)CC(=O)OC(CCCCC)C(O)C/C=C/CC(=O)NCCNC(=O)C/C=C/CC(O)C(CCCCC)OC(=O)C[N+](C)(C)CCCCCCCCCCCC. The molecule has 0 aromatic carbocycles. The van der Waals surface area contributed by atoms with Gasteiger partial charge in [0.2, 0.25) is 11.8 Å². The standard InChI is InChI=1S/C58H110N4O8/c1-9-13-17-19-21-23-25-27-29-37-47-61(5,6)49-57(67)69-53(41-31-15-11-3)51(63)39-33-35-43-55(65)59-45-46-60-56(66)44-36-34-40-52(64)54(42-32-16-12-4)70-58(68)50-62(7,8)48-38-30-28-26-24-22-20-18-14-10-2/h33-36,51-54,63-64H,9-32,37-50H2,1-8H3/p+2/b35-33+,36-34+. The normalized spacial score (nSPS) is 13.9. The summed E-state index contributed by atoms with van der Waals surface area (Å²) in [5.74, 6) is -0.971. The highest BCUT2D eigenvalue weighted by molar-refractivity contribution is 5.78. The molecule has 12 heteroatoms. The van der Waals surface area contributed by atoms with Crippen molar-refractivity contribution < 1.29 is 47.8 Å². The fourth-order valence-corrected chi connectivity index (χ4v) is 8.88. The van der Waals surface area contributed by atoms with E-state index in [4.69, 9.17) is 9.47 Å². The number of likely N-dealkylation sites (N-methyl/N-ethyl adjacent to an activating group) is 2. The quantitative estimate of drug-likeness (QED) is 0.0204. The van der Waals surface area contributed by atoms with Gasteiger partial charge in [-0.2, -0.15) is 0 Å². The van der Waals surface area contributed by atoms with E-state index in [0.29, 0.717) is 21.8 Å². The molecule has 0 spiro atoms. The number of carbonyl (C=O) groups excluding carboxylic acids is 4. The predicted octanol–water partition coefficient (Wildman–Crippen LogP) is 11.6. The average molecular weight is 994 g/mol. The van der Waals surface area contributed by atoms with Crippen molar-refractivity contribution in [2.45, 2.75) is 258 Å². The second kappa shape index (κ2) is 44.9. The van der Waals surface area contributed by atoms with Crippen LogP contribution in [0.3, 0.4) is 0 Å². The van der Waals surface area contributed by atoms with Crippen molar-refractivity contribution in [1.82, 2.24) is 10.6 Å². The van der Waals surface area contributed by atoms with Gasteiger partial charge in [-0.05, 0) is 64.2 Å². The van der Waals surface area contributed by atoms with E-state index >= 15 is 0 Å². The molecule has 0 rings (SSSR count). The maximum atomic E-state index is 13.1. The summed E-state index contributed by atoms with van der Waals surface area (Å²) in [4.78, 5) is 51.1. The first-order valence-electron chi connectivity index (χ1n) is 28.8. The minimum absolute atomic E-state index is 0.127.